The predicted molar refractivity (Wildman–Crippen MR) is 188 cm³/mol. The van der Waals surface area contributed by atoms with Gasteiger partial charge in [-0.15, -0.1) is 0 Å². The largest absolute Gasteiger partial charge is 0.310 e. The third-order valence-electron chi connectivity index (χ3n) is 10.3. The maximum atomic E-state index is 2.52. The molecule has 0 amide bonds. The number of benzene rings is 6. The molecule has 2 heteroatoms. The summed E-state index contributed by atoms with van der Waals surface area (Å²) < 4.78 is 0. The van der Waals surface area contributed by atoms with Crippen LogP contribution >= 0.6 is 0 Å². The van der Waals surface area contributed by atoms with Crippen LogP contribution in [0.3, 0.4) is 0 Å². The number of para-hydroxylation sites is 2. The Morgan fingerprint density at radius 3 is 1.27 bits per heavy atom. The number of aryl methyl sites for hydroxylation is 2. The minimum atomic E-state index is -0.138. The maximum absolute atomic E-state index is 2.52. The van der Waals surface area contributed by atoms with Gasteiger partial charge in [-0.3, -0.25) is 0 Å². The van der Waals surface area contributed by atoms with Gasteiger partial charge in [-0.2, -0.15) is 0 Å². The molecule has 0 unspecified atom stereocenters. The van der Waals surface area contributed by atoms with Crippen LogP contribution in [0.5, 0.6) is 0 Å². The van der Waals surface area contributed by atoms with Crippen molar-refractivity contribution in [3.63, 3.8) is 0 Å². The molecule has 2 nitrogen and oxygen atoms in total. The van der Waals surface area contributed by atoms with E-state index >= 15 is 0 Å². The number of rotatable bonds is 2. The molecule has 3 aliphatic rings. The third-order valence-corrected chi connectivity index (χ3v) is 10.3. The fraction of sp³-hybridized carbons (Fsp3) is 0.163. The highest BCUT2D eigenvalue weighted by Gasteiger charge is 2.40. The molecule has 0 radical (unpaired) electrons. The Labute approximate surface area is 266 Å². The summed E-state index contributed by atoms with van der Waals surface area (Å²) in [6, 6.07) is 45.6. The van der Waals surface area contributed by atoms with Crippen LogP contribution in [0, 0.1) is 13.8 Å². The van der Waals surface area contributed by atoms with Gasteiger partial charge in [-0.25, -0.2) is 0 Å². The fourth-order valence-corrected chi connectivity index (χ4v) is 8.12. The SMILES string of the molecule is Cc1ccc2c(c1)Cc1cc3c(cc1N2c1ccccc1)C(C)(C)c1cc2c(cc1-3)Cc1cc(C)ccc1N2c1ccccc1. The minimum Gasteiger partial charge on any atom is -0.310 e. The highest BCUT2D eigenvalue weighted by molar-refractivity contribution is 5.93. The second-order valence-electron chi connectivity index (χ2n) is 13.6. The summed E-state index contributed by atoms with van der Waals surface area (Å²) in [6.07, 6.45) is 1.89. The molecule has 2 aliphatic heterocycles. The summed E-state index contributed by atoms with van der Waals surface area (Å²) in [6.45, 7) is 9.23. The lowest BCUT2D eigenvalue weighted by Crippen LogP contribution is -2.22. The summed E-state index contributed by atoms with van der Waals surface area (Å²) >= 11 is 0. The number of fused-ring (bicyclic) bond motifs is 7. The zero-order chi connectivity index (χ0) is 30.4. The highest BCUT2D eigenvalue weighted by Crippen LogP contribution is 2.56. The lowest BCUT2D eigenvalue weighted by Gasteiger charge is -2.35. The lowest BCUT2D eigenvalue weighted by molar-refractivity contribution is 0.660. The van der Waals surface area contributed by atoms with Crippen LogP contribution in [0.2, 0.25) is 0 Å². The van der Waals surface area contributed by atoms with Crippen LogP contribution in [0.25, 0.3) is 11.1 Å². The van der Waals surface area contributed by atoms with E-state index in [0.29, 0.717) is 0 Å². The molecule has 0 spiro atoms. The van der Waals surface area contributed by atoms with Gasteiger partial charge in [0.25, 0.3) is 0 Å². The van der Waals surface area contributed by atoms with Gasteiger partial charge in [0.15, 0.2) is 0 Å². The Morgan fingerprint density at radius 2 is 0.844 bits per heavy atom. The Kier molecular flexibility index (Phi) is 5.54. The van der Waals surface area contributed by atoms with E-state index < -0.39 is 0 Å². The van der Waals surface area contributed by atoms with E-state index in [4.69, 9.17) is 0 Å². The number of nitrogens with zero attached hydrogens (tertiary/aromatic N) is 2. The van der Waals surface area contributed by atoms with Crippen molar-refractivity contribution in [1.82, 2.24) is 0 Å². The van der Waals surface area contributed by atoms with Crippen LogP contribution in [-0.2, 0) is 18.3 Å². The van der Waals surface area contributed by atoms with Crippen LogP contribution < -0.4 is 9.80 Å². The molecule has 45 heavy (non-hydrogen) atoms. The van der Waals surface area contributed by atoms with Gasteiger partial charge in [-0.1, -0.05) is 85.6 Å². The standard InChI is InChI=1S/C43H36N2/c1-27-15-17-39-29(19-27)21-31-23-35-36-24-32-22-30-20-28(2)16-18-40(30)45(34-13-9-6-10-14-34)42(32)26-38(36)43(3,4)37(35)25-41(31)44(39)33-11-7-5-8-12-33/h5-20,23-26H,21-22H2,1-4H3. The first-order valence-corrected chi connectivity index (χ1v) is 16.1. The van der Waals surface area contributed by atoms with Crippen LogP contribution in [0.1, 0.15) is 58.4 Å². The van der Waals surface area contributed by atoms with E-state index in [1.54, 1.807) is 0 Å². The zero-order valence-corrected chi connectivity index (χ0v) is 26.4. The van der Waals surface area contributed by atoms with Gasteiger partial charge < -0.3 is 9.80 Å². The number of hydrogen-bond donors (Lipinski definition) is 0. The second kappa shape index (κ2) is 9.46. The van der Waals surface area contributed by atoms with Crippen LogP contribution in [-0.4, -0.2) is 0 Å². The molecule has 6 aromatic carbocycles. The first kappa shape index (κ1) is 26.3. The van der Waals surface area contributed by atoms with Crippen molar-refractivity contribution >= 4 is 34.1 Å². The van der Waals surface area contributed by atoms with Crippen molar-refractivity contribution in [2.24, 2.45) is 0 Å². The molecule has 1 aliphatic carbocycles. The van der Waals surface area contributed by atoms with E-state index in [-0.39, 0.29) is 5.41 Å². The monoisotopic (exact) mass is 580 g/mol. The zero-order valence-electron chi connectivity index (χ0n) is 26.4. The van der Waals surface area contributed by atoms with Crippen molar-refractivity contribution in [2.75, 3.05) is 9.80 Å². The maximum Gasteiger partial charge on any atom is 0.0500 e. The van der Waals surface area contributed by atoms with Gasteiger partial charge in [0.2, 0.25) is 0 Å². The van der Waals surface area contributed by atoms with Crippen LogP contribution in [0.4, 0.5) is 34.1 Å². The second-order valence-corrected chi connectivity index (χ2v) is 13.6. The molecule has 0 fully saturated rings. The highest BCUT2D eigenvalue weighted by atomic mass is 15.2. The van der Waals surface area contributed by atoms with Gasteiger partial charge in [-0.05, 0) is 119 Å². The van der Waals surface area contributed by atoms with Crippen molar-refractivity contribution < 1.29 is 0 Å². The first-order chi connectivity index (χ1) is 21.9. The van der Waals surface area contributed by atoms with Gasteiger partial charge in [0.1, 0.15) is 0 Å². The van der Waals surface area contributed by atoms with E-state index in [1.165, 1.54) is 89.8 Å². The van der Waals surface area contributed by atoms with Crippen molar-refractivity contribution in [3.05, 3.63) is 166 Å². The molecule has 218 valence electrons. The molecule has 2 heterocycles. The van der Waals surface area contributed by atoms with E-state index in [0.717, 1.165) is 12.8 Å². The van der Waals surface area contributed by atoms with Gasteiger partial charge in [0.05, 0.1) is 11.4 Å². The average Bonchev–Trinajstić information content (AvgIpc) is 3.25. The van der Waals surface area contributed by atoms with E-state index in [9.17, 15) is 0 Å². The summed E-state index contributed by atoms with van der Waals surface area (Å²) in [7, 11) is 0. The smallest absolute Gasteiger partial charge is 0.0500 e. The van der Waals surface area contributed by atoms with Gasteiger partial charge in [0, 0.05) is 41.0 Å². The quantitative estimate of drug-likeness (QED) is 0.201. The minimum absolute atomic E-state index is 0.138. The number of anilines is 6. The molecule has 0 aromatic heterocycles. The molecular weight excluding hydrogens is 544 g/mol. The topological polar surface area (TPSA) is 6.48 Å². The summed E-state index contributed by atoms with van der Waals surface area (Å²) in [4.78, 5) is 4.96. The number of hydrogen-bond acceptors (Lipinski definition) is 2. The fourth-order valence-electron chi connectivity index (χ4n) is 8.12. The summed E-state index contributed by atoms with van der Waals surface area (Å²) in [5.41, 5.74) is 21.2. The van der Waals surface area contributed by atoms with E-state index in [2.05, 4.69) is 159 Å². The first-order valence-electron chi connectivity index (χ1n) is 16.1. The van der Waals surface area contributed by atoms with E-state index in [1.807, 2.05) is 0 Å². The Balaban J connectivity index is 1.25. The molecule has 6 aromatic rings. The molecule has 0 bridgehead atoms. The van der Waals surface area contributed by atoms with Gasteiger partial charge >= 0.3 is 0 Å². The average molecular weight is 581 g/mol. The third kappa shape index (κ3) is 3.88. The van der Waals surface area contributed by atoms with Crippen molar-refractivity contribution in [1.29, 1.82) is 0 Å². The molecular formula is C43H36N2. The van der Waals surface area contributed by atoms with Crippen molar-refractivity contribution in [3.8, 4) is 11.1 Å². The summed E-state index contributed by atoms with van der Waals surface area (Å²) in [5.74, 6) is 0. The normalized spacial score (nSPS) is 15.0. The predicted octanol–water partition coefficient (Wildman–Crippen LogP) is 11.4. The lowest BCUT2D eigenvalue weighted by atomic mass is 9.80. The molecule has 0 atom stereocenters. The molecule has 0 saturated carbocycles. The molecule has 0 saturated heterocycles. The Bertz CT molecular complexity index is 2000. The summed E-state index contributed by atoms with van der Waals surface area (Å²) in [5, 5.41) is 0. The van der Waals surface area contributed by atoms with Crippen LogP contribution in [0.15, 0.2) is 121 Å². The Morgan fingerprint density at radius 1 is 0.444 bits per heavy atom. The van der Waals surface area contributed by atoms with Crippen molar-refractivity contribution in [2.45, 2.75) is 46.0 Å². The Hall–Kier alpha value is -5.08. The molecule has 0 N–H and O–H groups in total. The molecule has 9 rings (SSSR count).